The molecule has 3 aliphatic rings. The van der Waals surface area contributed by atoms with E-state index in [9.17, 15) is 9.59 Å². The number of likely N-dealkylation sites (tertiary alicyclic amines) is 1. The van der Waals surface area contributed by atoms with E-state index in [1.54, 1.807) is 11.1 Å². The van der Waals surface area contributed by atoms with Gasteiger partial charge in [0.05, 0.1) is 12.5 Å². The molecule has 0 radical (unpaired) electrons. The summed E-state index contributed by atoms with van der Waals surface area (Å²) in [5.74, 6) is 0.772. The maximum atomic E-state index is 12.8. The molecule has 1 aromatic carbocycles. The van der Waals surface area contributed by atoms with Crippen LogP contribution in [0.4, 0.5) is 5.13 Å². The summed E-state index contributed by atoms with van der Waals surface area (Å²) >= 11 is 1.43. The molecule has 134 valence electrons. The monoisotopic (exact) mass is 369 g/mol. The Kier molecular flexibility index (Phi) is 3.53. The van der Waals surface area contributed by atoms with E-state index in [-0.39, 0.29) is 29.6 Å². The third-order valence-corrected chi connectivity index (χ3v) is 6.36. The van der Waals surface area contributed by atoms with Crippen LogP contribution in [0.2, 0.25) is 0 Å². The highest BCUT2D eigenvalue weighted by Gasteiger charge is 2.50. The molecule has 2 saturated heterocycles. The normalized spacial score (nSPS) is 23.5. The van der Waals surface area contributed by atoms with Crippen LogP contribution in [0.15, 0.2) is 35.8 Å². The topological polar surface area (TPSA) is 62.7 Å². The zero-order chi connectivity index (χ0) is 17.7. The van der Waals surface area contributed by atoms with Gasteiger partial charge in [0.1, 0.15) is 5.75 Å². The van der Waals surface area contributed by atoms with Gasteiger partial charge in [-0.1, -0.05) is 18.2 Å². The van der Waals surface area contributed by atoms with Gasteiger partial charge in [0.2, 0.25) is 11.8 Å². The van der Waals surface area contributed by atoms with Gasteiger partial charge >= 0.3 is 0 Å². The van der Waals surface area contributed by atoms with Crippen molar-refractivity contribution in [2.75, 3.05) is 31.1 Å². The van der Waals surface area contributed by atoms with Gasteiger partial charge in [-0.05, 0) is 18.1 Å². The van der Waals surface area contributed by atoms with E-state index in [4.69, 9.17) is 4.74 Å². The van der Waals surface area contributed by atoms with Gasteiger partial charge in [0, 0.05) is 43.0 Å². The smallest absolute Gasteiger partial charge is 0.229 e. The first-order valence-corrected chi connectivity index (χ1v) is 9.71. The van der Waals surface area contributed by atoms with Gasteiger partial charge in [0.25, 0.3) is 0 Å². The zero-order valence-electron chi connectivity index (χ0n) is 14.3. The highest BCUT2D eigenvalue weighted by Crippen LogP contribution is 2.42. The van der Waals surface area contributed by atoms with Gasteiger partial charge in [-0.3, -0.25) is 14.5 Å². The van der Waals surface area contributed by atoms with Crippen molar-refractivity contribution >= 4 is 28.3 Å². The molecule has 1 atom stereocenters. The number of thiazole rings is 1. The third kappa shape index (κ3) is 2.49. The van der Waals surface area contributed by atoms with Crippen LogP contribution in [0.25, 0.3) is 0 Å². The first kappa shape index (κ1) is 15.8. The molecule has 0 bridgehead atoms. The number of benzene rings is 1. The van der Waals surface area contributed by atoms with Crippen LogP contribution in [0.3, 0.4) is 0 Å². The molecule has 2 amide bonds. The summed E-state index contributed by atoms with van der Waals surface area (Å²) in [6, 6.07) is 8.11. The summed E-state index contributed by atoms with van der Waals surface area (Å²) in [5.41, 5.74) is 1.25. The summed E-state index contributed by atoms with van der Waals surface area (Å²) in [6.45, 7) is 2.51. The van der Waals surface area contributed by atoms with Crippen molar-refractivity contribution in [3.63, 3.8) is 0 Å². The van der Waals surface area contributed by atoms with Crippen LogP contribution >= 0.6 is 11.3 Å². The predicted octanol–water partition coefficient (Wildman–Crippen LogP) is 1.96. The number of aromatic nitrogens is 1. The molecule has 2 fully saturated rings. The van der Waals surface area contributed by atoms with Crippen LogP contribution in [-0.2, 0) is 16.0 Å². The molecule has 4 heterocycles. The molecular formula is C19H19N3O3S. The van der Waals surface area contributed by atoms with Gasteiger partial charge < -0.3 is 9.64 Å². The highest BCUT2D eigenvalue weighted by atomic mass is 32.1. The molecule has 1 unspecified atom stereocenters. The van der Waals surface area contributed by atoms with Crippen molar-refractivity contribution in [1.82, 2.24) is 9.88 Å². The number of para-hydroxylation sites is 1. The molecule has 2 aromatic rings. The summed E-state index contributed by atoms with van der Waals surface area (Å²) in [5, 5.41) is 2.53. The third-order valence-electron chi connectivity index (χ3n) is 5.56. The maximum Gasteiger partial charge on any atom is 0.229 e. The minimum Gasteiger partial charge on any atom is -0.493 e. The second kappa shape index (κ2) is 5.81. The Bertz CT molecular complexity index is 861. The number of amides is 2. The maximum absolute atomic E-state index is 12.8. The fourth-order valence-corrected chi connectivity index (χ4v) is 4.93. The van der Waals surface area contributed by atoms with Crippen molar-refractivity contribution in [2.24, 2.45) is 11.3 Å². The quantitative estimate of drug-likeness (QED) is 0.812. The Labute approximate surface area is 155 Å². The van der Waals surface area contributed by atoms with Crippen LogP contribution < -0.4 is 9.64 Å². The van der Waals surface area contributed by atoms with E-state index in [2.05, 4.69) is 11.1 Å². The lowest BCUT2D eigenvalue weighted by Crippen LogP contribution is -2.63. The molecule has 1 spiro atoms. The van der Waals surface area contributed by atoms with Crippen LogP contribution in [0.5, 0.6) is 5.75 Å². The summed E-state index contributed by atoms with van der Waals surface area (Å²) in [6.07, 6.45) is 2.91. The lowest BCUT2D eigenvalue weighted by atomic mass is 9.73. The van der Waals surface area contributed by atoms with Crippen molar-refractivity contribution in [3.8, 4) is 5.75 Å². The number of anilines is 1. The number of carbonyl (C=O) groups is 2. The van der Waals surface area contributed by atoms with Crippen molar-refractivity contribution in [2.45, 2.75) is 12.8 Å². The minimum atomic E-state index is -0.263. The Morgan fingerprint density at radius 3 is 2.96 bits per heavy atom. The van der Waals surface area contributed by atoms with Gasteiger partial charge in [-0.25, -0.2) is 4.98 Å². The van der Waals surface area contributed by atoms with E-state index in [1.165, 1.54) is 16.9 Å². The number of hydrogen-bond acceptors (Lipinski definition) is 5. The van der Waals surface area contributed by atoms with Gasteiger partial charge in [0.15, 0.2) is 5.13 Å². The summed E-state index contributed by atoms with van der Waals surface area (Å²) in [7, 11) is 0. The SMILES string of the molecule is O=C(C1CC(=O)N(c2nccs2)C1)N1CC2(COc3ccccc3C2)C1. The van der Waals surface area contributed by atoms with Crippen LogP contribution in [-0.4, -0.2) is 47.9 Å². The molecular weight excluding hydrogens is 350 g/mol. The first-order chi connectivity index (χ1) is 12.6. The number of rotatable bonds is 2. The number of carbonyl (C=O) groups excluding carboxylic acids is 2. The van der Waals surface area contributed by atoms with E-state index < -0.39 is 0 Å². The van der Waals surface area contributed by atoms with E-state index in [0.29, 0.717) is 31.4 Å². The lowest BCUT2D eigenvalue weighted by molar-refractivity contribution is -0.150. The molecule has 0 N–H and O–H groups in total. The Morgan fingerprint density at radius 2 is 2.15 bits per heavy atom. The van der Waals surface area contributed by atoms with Crippen LogP contribution in [0, 0.1) is 11.3 Å². The molecule has 5 rings (SSSR count). The molecule has 7 heteroatoms. The Hall–Kier alpha value is -2.41. The van der Waals surface area contributed by atoms with Crippen LogP contribution in [0.1, 0.15) is 12.0 Å². The van der Waals surface area contributed by atoms with E-state index in [1.807, 2.05) is 28.5 Å². The molecule has 0 aliphatic carbocycles. The molecule has 3 aliphatic heterocycles. The van der Waals surface area contributed by atoms with Crippen molar-refractivity contribution in [3.05, 3.63) is 41.4 Å². The van der Waals surface area contributed by atoms with Gasteiger partial charge in [-0.15, -0.1) is 11.3 Å². The first-order valence-electron chi connectivity index (χ1n) is 8.83. The number of nitrogens with zero attached hydrogens (tertiary/aromatic N) is 3. The predicted molar refractivity (Wildman–Crippen MR) is 97.2 cm³/mol. The minimum absolute atomic E-state index is 0.0107. The lowest BCUT2D eigenvalue weighted by Gasteiger charge is -2.52. The highest BCUT2D eigenvalue weighted by molar-refractivity contribution is 7.13. The van der Waals surface area contributed by atoms with Crippen molar-refractivity contribution < 1.29 is 14.3 Å². The second-order valence-electron chi connectivity index (χ2n) is 7.49. The Morgan fingerprint density at radius 1 is 1.31 bits per heavy atom. The summed E-state index contributed by atoms with van der Waals surface area (Å²) < 4.78 is 5.91. The molecule has 1 aromatic heterocycles. The van der Waals surface area contributed by atoms with Crippen molar-refractivity contribution in [1.29, 1.82) is 0 Å². The fourth-order valence-electron chi connectivity index (χ4n) is 4.26. The fraction of sp³-hybridized carbons (Fsp3) is 0.421. The average molecular weight is 369 g/mol. The van der Waals surface area contributed by atoms with E-state index >= 15 is 0 Å². The molecule has 6 nitrogen and oxygen atoms in total. The van der Waals surface area contributed by atoms with E-state index in [0.717, 1.165) is 12.2 Å². The van der Waals surface area contributed by atoms with Gasteiger partial charge in [-0.2, -0.15) is 0 Å². The molecule has 0 saturated carbocycles. The Balaban J connectivity index is 1.23. The largest absolute Gasteiger partial charge is 0.493 e. The number of hydrogen-bond donors (Lipinski definition) is 0. The second-order valence-corrected chi connectivity index (χ2v) is 8.36. The average Bonchev–Trinajstić information content (AvgIpc) is 3.28. The standard InChI is InChI=1S/C19H19N3O3S/c23-16-7-14(9-22(16)18-20-5-6-26-18)17(24)21-10-19(11-21)8-13-3-1-2-4-15(13)25-12-19/h1-6,14H,7-12H2. The summed E-state index contributed by atoms with van der Waals surface area (Å²) in [4.78, 5) is 32.8. The molecule has 26 heavy (non-hydrogen) atoms. The number of ether oxygens (including phenoxy) is 1. The number of fused-ring (bicyclic) bond motifs is 1. The zero-order valence-corrected chi connectivity index (χ0v) is 15.1.